The maximum atomic E-state index is 13.7. The SMILES string of the molecule is CCOC(=O)CON=C1CCCN(C(=O)c2ccc(NC(=O)c3ccccc3-c3ccc(C)cc3)cc2)c2ccccc21. The molecule has 0 fully saturated rings. The van der Waals surface area contributed by atoms with Crippen LogP contribution < -0.4 is 10.2 Å². The van der Waals surface area contributed by atoms with E-state index in [9.17, 15) is 14.4 Å². The zero-order valence-corrected chi connectivity index (χ0v) is 24.2. The molecule has 4 aromatic rings. The van der Waals surface area contributed by atoms with E-state index in [0.29, 0.717) is 47.6 Å². The number of nitrogens with zero attached hydrogens (tertiary/aromatic N) is 2. The lowest BCUT2D eigenvalue weighted by Crippen LogP contribution is -2.31. The van der Waals surface area contributed by atoms with Gasteiger partial charge in [0.05, 0.1) is 18.0 Å². The average molecular weight is 576 g/mol. The van der Waals surface area contributed by atoms with Crippen molar-refractivity contribution < 1.29 is 24.0 Å². The summed E-state index contributed by atoms with van der Waals surface area (Å²) in [7, 11) is 0. The number of nitrogens with one attached hydrogen (secondary N) is 1. The lowest BCUT2D eigenvalue weighted by atomic mass is 9.98. The van der Waals surface area contributed by atoms with Gasteiger partial charge >= 0.3 is 5.97 Å². The van der Waals surface area contributed by atoms with Crippen molar-refractivity contribution in [3.8, 4) is 11.1 Å². The standard InChI is InChI=1S/C35H33N3O5/c1-3-42-33(39)23-43-37-31-12-8-22-38(32-13-7-6-11-30(31)32)35(41)26-18-20-27(21-19-26)36-34(40)29-10-5-4-9-28(29)25-16-14-24(2)15-17-25/h4-7,9-11,13-21H,3,8,12,22-23H2,1-2H3,(H,36,40). The zero-order valence-electron chi connectivity index (χ0n) is 24.2. The van der Waals surface area contributed by atoms with E-state index < -0.39 is 5.97 Å². The van der Waals surface area contributed by atoms with E-state index in [1.807, 2.05) is 73.7 Å². The number of carbonyl (C=O) groups excluding carboxylic acids is 3. The van der Waals surface area contributed by atoms with Gasteiger partial charge in [-0.1, -0.05) is 71.4 Å². The highest BCUT2D eigenvalue weighted by Crippen LogP contribution is 2.29. The molecule has 0 spiro atoms. The third kappa shape index (κ3) is 6.98. The Labute approximate surface area is 250 Å². The Bertz CT molecular complexity index is 1650. The number of ether oxygens (including phenoxy) is 1. The van der Waals surface area contributed by atoms with Crippen LogP contribution in [0.2, 0.25) is 0 Å². The fourth-order valence-electron chi connectivity index (χ4n) is 5.00. The normalized spacial score (nSPS) is 13.5. The van der Waals surface area contributed by atoms with Gasteiger partial charge in [0, 0.05) is 28.9 Å². The minimum atomic E-state index is -0.485. The molecule has 0 aliphatic carbocycles. The number of para-hydroxylation sites is 1. The molecule has 8 heteroatoms. The fraction of sp³-hybridized carbons (Fsp3) is 0.200. The Balaban J connectivity index is 1.31. The van der Waals surface area contributed by atoms with Crippen LogP contribution in [0.3, 0.4) is 0 Å². The summed E-state index contributed by atoms with van der Waals surface area (Å²) < 4.78 is 4.89. The van der Waals surface area contributed by atoms with Crippen molar-refractivity contribution in [1.29, 1.82) is 0 Å². The zero-order chi connectivity index (χ0) is 30.2. The van der Waals surface area contributed by atoms with Crippen LogP contribution in [-0.4, -0.2) is 43.3 Å². The monoisotopic (exact) mass is 575 g/mol. The van der Waals surface area contributed by atoms with E-state index in [2.05, 4.69) is 10.5 Å². The van der Waals surface area contributed by atoms with Crippen molar-refractivity contribution in [2.45, 2.75) is 26.7 Å². The first kappa shape index (κ1) is 29.3. The van der Waals surface area contributed by atoms with E-state index >= 15 is 0 Å². The van der Waals surface area contributed by atoms with Crippen molar-refractivity contribution >= 4 is 34.9 Å². The number of anilines is 2. The number of hydrogen-bond donors (Lipinski definition) is 1. The van der Waals surface area contributed by atoms with Crippen molar-refractivity contribution in [3.63, 3.8) is 0 Å². The van der Waals surface area contributed by atoms with Gasteiger partial charge in [0.1, 0.15) is 0 Å². The van der Waals surface area contributed by atoms with Crippen molar-refractivity contribution in [1.82, 2.24) is 0 Å². The van der Waals surface area contributed by atoms with E-state index in [1.54, 1.807) is 42.2 Å². The maximum Gasteiger partial charge on any atom is 0.347 e. The van der Waals surface area contributed by atoms with Gasteiger partial charge in [-0.3, -0.25) is 9.59 Å². The highest BCUT2D eigenvalue weighted by atomic mass is 16.7. The summed E-state index contributed by atoms with van der Waals surface area (Å²) in [4.78, 5) is 45.6. The molecule has 1 N–H and O–H groups in total. The van der Waals surface area contributed by atoms with Gasteiger partial charge in [0.15, 0.2) is 0 Å². The smallest absolute Gasteiger partial charge is 0.347 e. The van der Waals surface area contributed by atoms with Gasteiger partial charge in [0.25, 0.3) is 11.8 Å². The molecule has 8 nitrogen and oxygen atoms in total. The molecular weight excluding hydrogens is 542 g/mol. The average Bonchev–Trinajstić information content (AvgIpc) is 3.21. The van der Waals surface area contributed by atoms with Crippen LogP contribution in [0, 0.1) is 6.92 Å². The summed E-state index contributed by atoms with van der Waals surface area (Å²) >= 11 is 0. The molecule has 1 heterocycles. The number of rotatable bonds is 8. The van der Waals surface area contributed by atoms with Crippen molar-refractivity contribution in [3.05, 3.63) is 119 Å². The molecule has 1 aliphatic heterocycles. The molecule has 5 rings (SSSR count). The molecule has 218 valence electrons. The second-order valence-electron chi connectivity index (χ2n) is 10.1. The molecule has 0 atom stereocenters. The number of aryl methyl sites for hydroxylation is 1. The van der Waals surface area contributed by atoms with Gasteiger partial charge in [0.2, 0.25) is 6.61 Å². The number of amides is 2. The number of fused-ring (bicyclic) bond motifs is 1. The van der Waals surface area contributed by atoms with Crippen LogP contribution in [0.1, 0.15) is 51.6 Å². The van der Waals surface area contributed by atoms with E-state index in [0.717, 1.165) is 22.3 Å². The number of oxime groups is 1. The van der Waals surface area contributed by atoms with Gasteiger partial charge < -0.3 is 19.8 Å². The molecule has 4 aromatic carbocycles. The lowest BCUT2D eigenvalue weighted by Gasteiger charge is -2.23. The number of esters is 1. The molecule has 43 heavy (non-hydrogen) atoms. The molecule has 0 saturated heterocycles. The molecule has 0 unspecified atom stereocenters. The fourth-order valence-corrected chi connectivity index (χ4v) is 5.00. The van der Waals surface area contributed by atoms with E-state index in [1.165, 1.54) is 0 Å². The first-order valence-corrected chi connectivity index (χ1v) is 14.3. The Morgan fingerprint density at radius 1 is 0.860 bits per heavy atom. The van der Waals surface area contributed by atoms with Gasteiger partial charge in [-0.25, -0.2) is 4.79 Å². The minimum absolute atomic E-state index is 0.163. The predicted octanol–water partition coefficient (Wildman–Crippen LogP) is 6.64. The van der Waals surface area contributed by atoms with Gasteiger partial charge in [-0.15, -0.1) is 0 Å². The Morgan fingerprint density at radius 3 is 2.30 bits per heavy atom. The van der Waals surface area contributed by atoms with Crippen LogP contribution in [0.4, 0.5) is 11.4 Å². The van der Waals surface area contributed by atoms with Crippen LogP contribution in [0.15, 0.2) is 102 Å². The summed E-state index contributed by atoms with van der Waals surface area (Å²) in [5, 5.41) is 7.17. The second kappa shape index (κ2) is 13.6. The number of benzene rings is 4. The van der Waals surface area contributed by atoms with Crippen molar-refractivity contribution in [2.24, 2.45) is 5.16 Å². The summed E-state index contributed by atoms with van der Waals surface area (Å²) in [6, 6.07) is 30.0. The van der Waals surface area contributed by atoms with Crippen LogP contribution in [0.5, 0.6) is 0 Å². The Morgan fingerprint density at radius 2 is 1.56 bits per heavy atom. The molecule has 1 aliphatic rings. The van der Waals surface area contributed by atoms with Gasteiger partial charge in [-0.2, -0.15) is 0 Å². The summed E-state index contributed by atoms with van der Waals surface area (Å²) in [5.41, 5.74) is 6.76. The predicted molar refractivity (Wildman–Crippen MR) is 167 cm³/mol. The number of hydrogen-bond acceptors (Lipinski definition) is 6. The topological polar surface area (TPSA) is 97.3 Å². The third-order valence-electron chi connectivity index (χ3n) is 7.13. The van der Waals surface area contributed by atoms with Crippen molar-refractivity contribution in [2.75, 3.05) is 30.0 Å². The largest absolute Gasteiger partial charge is 0.463 e. The van der Waals surface area contributed by atoms with Gasteiger partial charge in [-0.05, 0) is 74.2 Å². The molecule has 0 radical (unpaired) electrons. The third-order valence-corrected chi connectivity index (χ3v) is 7.13. The van der Waals surface area contributed by atoms with E-state index in [4.69, 9.17) is 9.57 Å². The highest BCUT2D eigenvalue weighted by Gasteiger charge is 2.25. The summed E-state index contributed by atoms with van der Waals surface area (Å²) in [6.07, 6.45) is 1.25. The molecular formula is C35H33N3O5. The first-order valence-electron chi connectivity index (χ1n) is 14.3. The molecule has 0 bridgehead atoms. The van der Waals surface area contributed by atoms with E-state index in [-0.39, 0.29) is 25.0 Å². The van der Waals surface area contributed by atoms with Crippen LogP contribution in [-0.2, 0) is 14.4 Å². The molecule has 2 amide bonds. The quantitative estimate of drug-likeness (QED) is 0.188. The molecule has 0 saturated carbocycles. The Kier molecular flexibility index (Phi) is 9.26. The second-order valence-corrected chi connectivity index (χ2v) is 10.1. The maximum absolute atomic E-state index is 13.7. The van der Waals surface area contributed by atoms with Crippen LogP contribution in [0.25, 0.3) is 11.1 Å². The Hall–Kier alpha value is -5.24. The highest BCUT2D eigenvalue weighted by molar-refractivity contribution is 6.13. The summed E-state index contributed by atoms with van der Waals surface area (Å²) in [6.45, 7) is 4.24. The van der Waals surface area contributed by atoms with Crippen LogP contribution >= 0.6 is 0 Å². The first-order chi connectivity index (χ1) is 20.9. The molecule has 0 aromatic heterocycles. The number of carbonyl (C=O) groups is 3. The summed E-state index contributed by atoms with van der Waals surface area (Å²) in [5.74, 6) is -0.877. The minimum Gasteiger partial charge on any atom is -0.463 e. The lowest BCUT2D eigenvalue weighted by molar-refractivity contribution is -0.148.